The fraction of sp³-hybridized carbons (Fsp3) is 0.222. The summed E-state index contributed by atoms with van der Waals surface area (Å²) in [4.78, 5) is 12.2. The highest BCUT2D eigenvalue weighted by atomic mass is 16.5. The van der Waals surface area contributed by atoms with E-state index in [0.717, 1.165) is 11.1 Å². The summed E-state index contributed by atoms with van der Waals surface area (Å²) in [6.45, 7) is 0. The van der Waals surface area contributed by atoms with Crippen molar-refractivity contribution in [2.24, 2.45) is 0 Å². The second kappa shape index (κ2) is 9.26. The first-order valence-electron chi connectivity index (χ1n) is 10.3. The Bertz CT molecular complexity index is 1000. The average Bonchev–Trinajstić information content (AvgIpc) is 2.80. The van der Waals surface area contributed by atoms with Gasteiger partial charge < -0.3 is 4.74 Å². The monoisotopic (exact) mass is 380 g/mol. The predicted octanol–water partition coefficient (Wildman–Crippen LogP) is 6.35. The van der Waals surface area contributed by atoms with Gasteiger partial charge in [-0.2, -0.15) is 0 Å². The highest BCUT2D eigenvalue weighted by Gasteiger charge is 2.14. The van der Waals surface area contributed by atoms with Gasteiger partial charge in [0.1, 0.15) is 5.75 Å². The lowest BCUT2D eigenvalue weighted by Crippen LogP contribution is -2.08. The molecule has 0 aliphatic heterocycles. The maximum atomic E-state index is 12.2. The van der Waals surface area contributed by atoms with Crippen molar-refractivity contribution in [3.05, 3.63) is 101 Å². The predicted molar refractivity (Wildman–Crippen MR) is 116 cm³/mol. The van der Waals surface area contributed by atoms with Crippen LogP contribution in [-0.2, 0) is 0 Å². The van der Waals surface area contributed by atoms with Gasteiger partial charge in [0.25, 0.3) is 0 Å². The normalized spacial score (nSPS) is 13.9. The lowest BCUT2D eigenvalue weighted by Gasteiger charge is -2.21. The molecule has 3 aromatic carbocycles. The molecular weight excluding hydrogens is 356 g/mol. The molecule has 0 saturated heterocycles. The van der Waals surface area contributed by atoms with Crippen molar-refractivity contribution in [1.29, 1.82) is 0 Å². The van der Waals surface area contributed by atoms with E-state index < -0.39 is 0 Å². The molecule has 1 aliphatic rings. The number of rotatable bonds is 3. The molecule has 1 fully saturated rings. The Hall–Kier alpha value is -3.31. The largest absolute Gasteiger partial charge is 0.423 e. The summed E-state index contributed by atoms with van der Waals surface area (Å²) >= 11 is 0. The van der Waals surface area contributed by atoms with Gasteiger partial charge in [0.2, 0.25) is 0 Å². The zero-order chi connectivity index (χ0) is 19.9. The first kappa shape index (κ1) is 19.0. The molecule has 0 radical (unpaired) electrons. The number of hydrogen-bond acceptors (Lipinski definition) is 2. The van der Waals surface area contributed by atoms with E-state index in [4.69, 9.17) is 4.74 Å². The van der Waals surface area contributed by atoms with Crippen LogP contribution in [0.2, 0.25) is 0 Å². The molecule has 0 aromatic heterocycles. The van der Waals surface area contributed by atoms with Gasteiger partial charge in [-0.05, 0) is 72.9 Å². The second-order valence-corrected chi connectivity index (χ2v) is 7.49. The SMILES string of the molecule is O=C(Oc1ccccc1)c1ccc(C#Cc2ccc(C3CCCCC3)cc2)cc1. The van der Waals surface area contributed by atoms with Crippen molar-refractivity contribution in [2.45, 2.75) is 38.0 Å². The summed E-state index contributed by atoms with van der Waals surface area (Å²) in [6, 6.07) is 25.0. The molecule has 0 unspecified atom stereocenters. The topological polar surface area (TPSA) is 26.3 Å². The molecule has 2 heteroatoms. The van der Waals surface area contributed by atoms with Gasteiger partial charge in [-0.15, -0.1) is 0 Å². The van der Waals surface area contributed by atoms with Crippen LogP contribution in [0.15, 0.2) is 78.9 Å². The van der Waals surface area contributed by atoms with Crippen molar-refractivity contribution in [2.75, 3.05) is 0 Å². The van der Waals surface area contributed by atoms with Crippen LogP contribution in [0, 0.1) is 11.8 Å². The van der Waals surface area contributed by atoms with E-state index in [9.17, 15) is 4.79 Å². The number of carbonyl (C=O) groups excluding carboxylic acids is 1. The van der Waals surface area contributed by atoms with Gasteiger partial charge >= 0.3 is 5.97 Å². The van der Waals surface area contributed by atoms with Gasteiger partial charge in [-0.1, -0.05) is 61.4 Å². The number of hydrogen-bond donors (Lipinski definition) is 0. The summed E-state index contributed by atoms with van der Waals surface area (Å²) in [5.74, 6) is 7.28. The molecular formula is C27H24O2. The zero-order valence-electron chi connectivity index (χ0n) is 16.4. The first-order valence-corrected chi connectivity index (χ1v) is 10.3. The van der Waals surface area contributed by atoms with Crippen LogP contribution in [0.3, 0.4) is 0 Å². The summed E-state index contributed by atoms with van der Waals surface area (Å²) in [5.41, 5.74) is 3.84. The smallest absolute Gasteiger partial charge is 0.343 e. The maximum absolute atomic E-state index is 12.2. The highest BCUT2D eigenvalue weighted by molar-refractivity contribution is 5.91. The quantitative estimate of drug-likeness (QED) is 0.300. The molecule has 0 N–H and O–H groups in total. The van der Waals surface area contributed by atoms with Crippen LogP contribution >= 0.6 is 0 Å². The Morgan fingerprint density at radius 2 is 1.31 bits per heavy atom. The molecule has 0 bridgehead atoms. The van der Waals surface area contributed by atoms with Crippen molar-refractivity contribution in [3.63, 3.8) is 0 Å². The fourth-order valence-electron chi connectivity index (χ4n) is 3.76. The lowest BCUT2D eigenvalue weighted by atomic mass is 9.84. The van der Waals surface area contributed by atoms with E-state index in [2.05, 4.69) is 36.1 Å². The molecule has 1 saturated carbocycles. The Morgan fingerprint density at radius 3 is 1.93 bits per heavy atom. The number of ether oxygens (including phenoxy) is 1. The van der Waals surface area contributed by atoms with Crippen LogP contribution in [-0.4, -0.2) is 5.97 Å². The van der Waals surface area contributed by atoms with Crippen LogP contribution in [0.25, 0.3) is 0 Å². The summed E-state index contributed by atoms with van der Waals surface area (Å²) in [7, 11) is 0. The third-order valence-electron chi connectivity index (χ3n) is 5.41. The van der Waals surface area contributed by atoms with Crippen molar-refractivity contribution < 1.29 is 9.53 Å². The highest BCUT2D eigenvalue weighted by Crippen LogP contribution is 2.32. The van der Waals surface area contributed by atoms with Gasteiger partial charge in [-0.3, -0.25) is 0 Å². The molecule has 0 amide bonds. The van der Waals surface area contributed by atoms with E-state index in [0.29, 0.717) is 17.2 Å². The summed E-state index contributed by atoms with van der Waals surface area (Å²) in [5, 5.41) is 0. The molecule has 0 heterocycles. The van der Waals surface area contributed by atoms with Crippen molar-refractivity contribution in [1.82, 2.24) is 0 Å². The minimum absolute atomic E-state index is 0.367. The number of carbonyl (C=O) groups is 1. The fourth-order valence-corrected chi connectivity index (χ4v) is 3.76. The minimum Gasteiger partial charge on any atom is -0.423 e. The van der Waals surface area contributed by atoms with E-state index >= 15 is 0 Å². The maximum Gasteiger partial charge on any atom is 0.343 e. The van der Waals surface area contributed by atoms with Gasteiger partial charge in [0.15, 0.2) is 0 Å². The molecule has 0 spiro atoms. The molecule has 29 heavy (non-hydrogen) atoms. The average molecular weight is 380 g/mol. The molecule has 144 valence electrons. The molecule has 4 rings (SSSR count). The van der Waals surface area contributed by atoms with E-state index in [1.54, 1.807) is 24.3 Å². The minimum atomic E-state index is -0.367. The van der Waals surface area contributed by atoms with E-state index in [1.807, 2.05) is 30.3 Å². The standard InChI is InChI=1S/C27H24O2/c28-27(29-26-9-5-2-6-10-26)25-19-15-22(16-20-25)12-11-21-13-17-24(18-14-21)23-7-3-1-4-8-23/h2,5-6,9-10,13-20,23H,1,3-4,7-8H2. The van der Waals surface area contributed by atoms with Crippen molar-refractivity contribution in [3.8, 4) is 17.6 Å². The number of benzene rings is 3. The number of para-hydroxylation sites is 1. The van der Waals surface area contributed by atoms with Crippen LogP contribution < -0.4 is 4.74 Å². The van der Waals surface area contributed by atoms with E-state index in [1.165, 1.54) is 37.7 Å². The Balaban J connectivity index is 1.39. The van der Waals surface area contributed by atoms with Crippen LogP contribution in [0.1, 0.15) is 65.1 Å². The zero-order valence-corrected chi connectivity index (χ0v) is 16.4. The first-order chi connectivity index (χ1) is 14.3. The van der Waals surface area contributed by atoms with Gasteiger partial charge in [-0.25, -0.2) is 4.79 Å². The molecule has 0 atom stereocenters. The van der Waals surface area contributed by atoms with Crippen LogP contribution in [0.4, 0.5) is 0 Å². The third-order valence-corrected chi connectivity index (χ3v) is 5.41. The van der Waals surface area contributed by atoms with Gasteiger partial charge in [0, 0.05) is 11.1 Å². The lowest BCUT2D eigenvalue weighted by molar-refractivity contribution is 0.0735. The summed E-state index contributed by atoms with van der Waals surface area (Å²) in [6.07, 6.45) is 6.69. The van der Waals surface area contributed by atoms with Crippen molar-refractivity contribution >= 4 is 5.97 Å². The molecule has 1 aliphatic carbocycles. The molecule has 3 aromatic rings. The second-order valence-electron chi connectivity index (χ2n) is 7.49. The Labute approximate surface area is 172 Å². The van der Waals surface area contributed by atoms with E-state index in [-0.39, 0.29) is 5.97 Å². The van der Waals surface area contributed by atoms with Gasteiger partial charge in [0.05, 0.1) is 5.56 Å². The summed E-state index contributed by atoms with van der Waals surface area (Å²) < 4.78 is 5.36. The number of esters is 1. The Morgan fingerprint density at radius 1 is 0.724 bits per heavy atom. The van der Waals surface area contributed by atoms with Crippen LogP contribution in [0.5, 0.6) is 5.75 Å². The third kappa shape index (κ3) is 5.15. The molecule has 2 nitrogen and oxygen atoms in total. The Kier molecular flexibility index (Phi) is 6.07.